The molecule has 0 aromatic carbocycles. The van der Waals surface area contributed by atoms with Gasteiger partial charge < -0.3 is 19.6 Å². The van der Waals surface area contributed by atoms with Crippen molar-refractivity contribution in [3.05, 3.63) is 0 Å². The fourth-order valence-corrected chi connectivity index (χ4v) is 3.51. The van der Waals surface area contributed by atoms with Crippen molar-refractivity contribution in [2.45, 2.75) is 116 Å². The van der Waals surface area contributed by atoms with Gasteiger partial charge in [0.1, 0.15) is 0 Å². The van der Waals surface area contributed by atoms with E-state index in [9.17, 15) is 0 Å². The maximum absolute atomic E-state index is 8.88. The molecule has 26 heavy (non-hydrogen) atoms. The molecule has 0 saturated heterocycles. The van der Waals surface area contributed by atoms with Gasteiger partial charge in [0.15, 0.2) is 0 Å². The summed E-state index contributed by atoms with van der Waals surface area (Å²) in [7, 11) is 0.0111. The molecule has 6 heteroatoms. The highest BCUT2D eigenvalue weighted by molar-refractivity contribution is 7.45. The van der Waals surface area contributed by atoms with Crippen LogP contribution in [0.1, 0.15) is 111 Å². The fraction of sp³-hybridized carbons (Fsp3) is 1.00. The van der Waals surface area contributed by atoms with Crippen molar-refractivity contribution in [1.29, 1.82) is 0 Å². The summed E-state index contributed by atoms with van der Waals surface area (Å²) in [6.07, 6.45) is 19.6. The molecule has 0 heterocycles. The highest BCUT2D eigenvalue weighted by atomic mass is 31.2. The molecule has 3 N–H and O–H groups in total. The van der Waals surface area contributed by atoms with Crippen LogP contribution in [0.15, 0.2) is 0 Å². The average Bonchev–Trinajstić information content (AvgIpc) is 2.53. The molecule has 0 rings (SSSR count). The molecular weight excluding hydrogens is 349 g/mol. The smallest absolute Gasteiger partial charge is 0.304 e. The molecule has 0 aromatic heterocycles. The molecule has 0 atom stereocenters. The van der Waals surface area contributed by atoms with Crippen molar-refractivity contribution in [3.8, 4) is 0 Å². The molecule has 0 radical (unpaired) electrons. The van der Waals surface area contributed by atoms with E-state index in [2.05, 4.69) is 39.8 Å². The number of hydrogen-bond donors (Lipinski definition) is 3. The van der Waals surface area contributed by atoms with E-state index < -0.39 is 7.82 Å². The Kier molecular flexibility index (Phi) is 18.7. The van der Waals surface area contributed by atoms with E-state index in [1.165, 1.54) is 89.9 Å². The highest BCUT2D eigenvalue weighted by Gasteiger charge is 2.30. The Morgan fingerprint density at radius 3 is 1.19 bits per heavy atom. The summed E-state index contributed by atoms with van der Waals surface area (Å²) in [6.45, 7) is 6.94. The lowest BCUT2D eigenvalue weighted by molar-refractivity contribution is 0.104. The minimum Gasteiger partial charge on any atom is -0.304 e. The van der Waals surface area contributed by atoms with Gasteiger partial charge in [-0.15, -0.1) is 0 Å². The standard InChI is InChI=1S/C20H43N.H3O4P/c1-6-9-12-15-18-20(21(4)5,17-14-11-8-3)19-16-13-10-7-2;1-5(2,3)4/h6-19H2,1-5H3;(H3,1,2,3,4). The lowest BCUT2D eigenvalue weighted by Crippen LogP contribution is -2.44. The number of nitrogens with zero attached hydrogens (tertiary/aromatic N) is 1. The normalized spacial score (nSPS) is 12.2. The van der Waals surface area contributed by atoms with E-state index >= 15 is 0 Å². The molecule has 160 valence electrons. The Bertz CT molecular complexity index is 324. The third-order valence-electron chi connectivity index (χ3n) is 5.19. The fourth-order valence-electron chi connectivity index (χ4n) is 3.51. The van der Waals surface area contributed by atoms with Crippen LogP contribution in [0.2, 0.25) is 0 Å². The van der Waals surface area contributed by atoms with E-state index in [-0.39, 0.29) is 0 Å². The lowest BCUT2D eigenvalue weighted by Gasteiger charge is -2.41. The molecule has 0 aliphatic carbocycles. The van der Waals surface area contributed by atoms with Crippen LogP contribution >= 0.6 is 7.82 Å². The first-order valence-electron chi connectivity index (χ1n) is 10.6. The van der Waals surface area contributed by atoms with E-state index in [1.807, 2.05) is 0 Å². The quantitative estimate of drug-likeness (QED) is 0.238. The molecule has 0 aromatic rings. The Morgan fingerprint density at radius 1 is 0.654 bits per heavy atom. The van der Waals surface area contributed by atoms with Crippen LogP contribution in [0.3, 0.4) is 0 Å². The Balaban J connectivity index is 0. The maximum atomic E-state index is 8.88. The van der Waals surface area contributed by atoms with Gasteiger partial charge in [-0.2, -0.15) is 0 Å². The van der Waals surface area contributed by atoms with Crippen LogP contribution in [0.5, 0.6) is 0 Å². The summed E-state index contributed by atoms with van der Waals surface area (Å²) in [6, 6.07) is 0. The van der Waals surface area contributed by atoms with Crippen LogP contribution in [-0.4, -0.2) is 39.2 Å². The second kappa shape index (κ2) is 17.2. The first-order valence-corrected chi connectivity index (χ1v) is 12.1. The zero-order valence-corrected chi connectivity index (χ0v) is 18.9. The summed E-state index contributed by atoms with van der Waals surface area (Å²) in [5.74, 6) is 0. The zero-order chi connectivity index (χ0) is 20.5. The van der Waals surface area contributed by atoms with Crippen LogP contribution < -0.4 is 0 Å². The van der Waals surface area contributed by atoms with Gasteiger partial charge in [-0.1, -0.05) is 91.4 Å². The summed E-state index contributed by atoms with van der Waals surface area (Å²) < 4.78 is 8.88. The van der Waals surface area contributed by atoms with E-state index in [1.54, 1.807) is 0 Å². The number of rotatable bonds is 15. The Labute approximate surface area is 162 Å². The Morgan fingerprint density at radius 2 is 0.923 bits per heavy atom. The van der Waals surface area contributed by atoms with Gasteiger partial charge in [-0.3, -0.25) is 0 Å². The van der Waals surface area contributed by atoms with Crippen molar-refractivity contribution >= 4 is 7.82 Å². The number of unbranched alkanes of at least 4 members (excludes halogenated alkanes) is 8. The SMILES string of the molecule is CCCCCCC(CCCCC)(CCCCCC)N(C)C.O=P(O)(O)O. The topological polar surface area (TPSA) is 81.0 Å². The van der Waals surface area contributed by atoms with E-state index in [0.717, 1.165) is 0 Å². The van der Waals surface area contributed by atoms with Gasteiger partial charge in [0, 0.05) is 5.54 Å². The molecule has 0 unspecified atom stereocenters. The summed E-state index contributed by atoms with van der Waals surface area (Å²) in [4.78, 5) is 24.1. The Hall–Kier alpha value is 0.0700. The second-order valence-corrected chi connectivity index (χ2v) is 8.74. The summed E-state index contributed by atoms with van der Waals surface area (Å²) in [5, 5.41) is 0. The monoisotopic (exact) mass is 395 g/mol. The summed E-state index contributed by atoms with van der Waals surface area (Å²) >= 11 is 0. The van der Waals surface area contributed by atoms with Crippen LogP contribution in [0.25, 0.3) is 0 Å². The minimum atomic E-state index is -4.64. The van der Waals surface area contributed by atoms with E-state index in [0.29, 0.717) is 5.54 Å². The van der Waals surface area contributed by atoms with Crippen molar-refractivity contribution in [1.82, 2.24) is 4.90 Å². The number of phosphoric acid groups is 1. The highest BCUT2D eigenvalue weighted by Crippen LogP contribution is 2.33. The third kappa shape index (κ3) is 18.8. The zero-order valence-electron chi connectivity index (χ0n) is 18.0. The molecule has 0 aliphatic rings. The molecule has 0 spiro atoms. The largest absolute Gasteiger partial charge is 0.466 e. The molecule has 0 saturated carbocycles. The van der Waals surface area contributed by atoms with Gasteiger partial charge in [0.2, 0.25) is 0 Å². The third-order valence-corrected chi connectivity index (χ3v) is 5.19. The molecular formula is C20H46NO4P. The van der Waals surface area contributed by atoms with Crippen molar-refractivity contribution < 1.29 is 19.2 Å². The first-order chi connectivity index (χ1) is 12.1. The van der Waals surface area contributed by atoms with Gasteiger partial charge in [-0.25, -0.2) is 4.57 Å². The minimum absolute atomic E-state index is 0.483. The van der Waals surface area contributed by atoms with Crippen molar-refractivity contribution in [2.75, 3.05) is 14.1 Å². The van der Waals surface area contributed by atoms with Crippen LogP contribution in [0.4, 0.5) is 0 Å². The van der Waals surface area contributed by atoms with Crippen LogP contribution in [0, 0.1) is 0 Å². The summed E-state index contributed by atoms with van der Waals surface area (Å²) in [5.41, 5.74) is 0.483. The number of hydrogen-bond acceptors (Lipinski definition) is 2. The first kappa shape index (κ1) is 28.3. The molecule has 0 amide bonds. The predicted octanol–water partition coefficient (Wildman–Crippen LogP) is 5.88. The molecule has 0 aliphatic heterocycles. The van der Waals surface area contributed by atoms with E-state index in [4.69, 9.17) is 19.2 Å². The predicted molar refractivity (Wildman–Crippen MR) is 112 cm³/mol. The molecule has 0 bridgehead atoms. The second-order valence-electron chi connectivity index (χ2n) is 7.71. The van der Waals surface area contributed by atoms with Gasteiger partial charge in [0.25, 0.3) is 0 Å². The maximum Gasteiger partial charge on any atom is 0.466 e. The van der Waals surface area contributed by atoms with Gasteiger partial charge in [-0.05, 0) is 33.4 Å². The lowest BCUT2D eigenvalue weighted by atomic mass is 9.81. The molecule has 5 nitrogen and oxygen atoms in total. The molecule has 0 fully saturated rings. The van der Waals surface area contributed by atoms with Crippen molar-refractivity contribution in [3.63, 3.8) is 0 Å². The van der Waals surface area contributed by atoms with Crippen LogP contribution in [-0.2, 0) is 4.57 Å². The average molecular weight is 396 g/mol. The van der Waals surface area contributed by atoms with Gasteiger partial charge >= 0.3 is 7.82 Å². The van der Waals surface area contributed by atoms with Crippen molar-refractivity contribution in [2.24, 2.45) is 0 Å². The van der Waals surface area contributed by atoms with Gasteiger partial charge in [0.05, 0.1) is 0 Å².